The number of anilines is 1. The van der Waals surface area contributed by atoms with Gasteiger partial charge in [0.15, 0.2) is 0 Å². The number of hydrazine groups is 1. The van der Waals surface area contributed by atoms with Crippen molar-refractivity contribution < 1.29 is 8.42 Å². The van der Waals surface area contributed by atoms with Crippen LogP contribution in [-0.2, 0) is 16.4 Å². The summed E-state index contributed by atoms with van der Waals surface area (Å²) in [7, 11) is -3.20. The van der Waals surface area contributed by atoms with E-state index >= 15 is 0 Å². The van der Waals surface area contributed by atoms with E-state index in [1.54, 1.807) is 5.01 Å². The van der Waals surface area contributed by atoms with Crippen molar-refractivity contribution in [3.05, 3.63) is 28.2 Å². The standard InChI is InChI=1S/C9H11BrN2O2S/c1-15(13,14)11-12-5-4-7-6-8(10)2-3-9(7)12/h2-3,6,11H,4-5H2,1H3. The van der Waals surface area contributed by atoms with Gasteiger partial charge in [0.25, 0.3) is 0 Å². The minimum absolute atomic E-state index is 0.679. The Balaban J connectivity index is 2.29. The van der Waals surface area contributed by atoms with E-state index in [4.69, 9.17) is 0 Å². The van der Waals surface area contributed by atoms with Crippen LogP contribution >= 0.6 is 15.9 Å². The zero-order valence-corrected chi connectivity index (χ0v) is 10.6. The summed E-state index contributed by atoms with van der Waals surface area (Å²) in [4.78, 5) is 2.48. The second-order valence-corrected chi connectivity index (χ2v) is 6.18. The molecular formula is C9H11BrN2O2S. The third kappa shape index (κ3) is 2.50. The molecule has 0 radical (unpaired) electrons. The minimum Gasteiger partial charge on any atom is -0.294 e. The van der Waals surface area contributed by atoms with Crippen LogP contribution in [0.3, 0.4) is 0 Å². The van der Waals surface area contributed by atoms with Gasteiger partial charge in [-0.2, -0.15) is 0 Å². The molecule has 0 unspecified atom stereocenters. The number of hydrogen-bond acceptors (Lipinski definition) is 3. The monoisotopic (exact) mass is 290 g/mol. The maximum Gasteiger partial charge on any atom is 0.225 e. The number of hydrogen-bond donors (Lipinski definition) is 1. The highest BCUT2D eigenvalue weighted by atomic mass is 79.9. The lowest BCUT2D eigenvalue weighted by atomic mass is 10.2. The number of halogens is 1. The summed E-state index contributed by atoms with van der Waals surface area (Å²) in [5, 5.41) is 1.66. The fourth-order valence-corrected chi connectivity index (χ4v) is 2.66. The van der Waals surface area contributed by atoms with Crippen LogP contribution in [0.25, 0.3) is 0 Å². The Bertz CT molecular complexity index is 487. The van der Waals surface area contributed by atoms with Crippen LogP contribution in [0.1, 0.15) is 5.56 Å². The molecule has 0 aliphatic carbocycles. The fourth-order valence-electron chi connectivity index (χ4n) is 1.67. The Morgan fingerprint density at radius 2 is 2.20 bits per heavy atom. The highest BCUT2D eigenvalue weighted by molar-refractivity contribution is 9.10. The lowest BCUT2D eigenvalue weighted by Gasteiger charge is -2.18. The lowest BCUT2D eigenvalue weighted by molar-refractivity contribution is 0.584. The van der Waals surface area contributed by atoms with E-state index in [0.29, 0.717) is 6.54 Å². The third-order valence-corrected chi connectivity index (χ3v) is 3.26. The summed E-state index contributed by atoms with van der Waals surface area (Å²) >= 11 is 3.39. The Morgan fingerprint density at radius 3 is 2.87 bits per heavy atom. The van der Waals surface area contributed by atoms with E-state index in [9.17, 15) is 8.42 Å². The van der Waals surface area contributed by atoms with Crippen molar-refractivity contribution in [3.63, 3.8) is 0 Å². The second kappa shape index (κ2) is 3.77. The largest absolute Gasteiger partial charge is 0.294 e. The average Bonchev–Trinajstić information content (AvgIpc) is 2.45. The predicted molar refractivity (Wildman–Crippen MR) is 63.2 cm³/mol. The molecule has 1 aromatic carbocycles. The zero-order chi connectivity index (χ0) is 11.1. The topological polar surface area (TPSA) is 49.4 Å². The lowest BCUT2D eigenvalue weighted by Crippen LogP contribution is -2.40. The Hall–Kier alpha value is -0.590. The normalized spacial score (nSPS) is 15.5. The summed E-state index contributed by atoms with van der Waals surface area (Å²) in [6.45, 7) is 0.679. The van der Waals surface area contributed by atoms with Gasteiger partial charge in [-0.05, 0) is 30.2 Å². The average molecular weight is 291 g/mol. The molecule has 1 N–H and O–H groups in total. The summed E-state index contributed by atoms with van der Waals surface area (Å²) < 4.78 is 23.2. The molecule has 0 aromatic heterocycles. The van der Waals surface area contributed by atoms with Crippen molar-refractivity contribution in [3.8, 4) is 0 Å². The van der Waals surface area contributed by atoms with Crippen molar-refractivity contribution in [2.24, 2.45) is 0 Å². The van der Waals surface area contributed by atoms with Crippen LogP contribution in [0.2, 0.25) is 0 Å². The molecule has 15 heavy (non-hydrogen) atoms. The van der Waals surface area contributed by atoms with Gasteiger partial charge in [-0.15, -0.1) is 4.83 Å². The smallest absolute Gasteiger partial charge is 0.225 e. The maximum absolute atomic E-state index is 11.1. The molecule has 82 valence electrons. The highest BCUT2D eigenvalue weighted by Crippen LogP contribution is 2.29. The molecule has 0 bridgehead atoms. The van der Waals surface area contributed by atoms with Gasteiger partial charge in [0.05, 0.1) is 11.9 Å². The Labute approximate surface area is 97.4 Å². The van der Waals surface area contributed by atoms with Crippen LogP contribution in [0.5, 0.6) is 0 Å². The predicted octanol–water partition coefficient (Wildman–Crippen LogP) is 1.28. The van der Waals surface area contributed by atoms with Crippen LogP contribution in [0.4, 0.5) is 5.69 Å². The van der Waals surface area contributed by atoms with Crippen LogP contribution in [0, 0.1) is 0 Å². The van der Waals surface area contributed by atoms with Crippen LogP contribution in [0.15, 0.2) is 22.7 Å². The van der Waals surface area contributed by atoms with Crippen molar-refractivity contribution in [1.82, 2.24) is 4.83 Å². The van der Waals surface area contributed by atoms with E-state index in [1.807, 2.05) is 18.2 Å². The molecule has 0 saturated carbocycles. The van der Waals surface area contributed by atoms with Gasteiger partial charge in [0.2, 0.25) is 10.0 Å². The second-order valence-electron chi connectivity index (χ2n) is 3.54. The van der Waals surface area contributed by atoms with Gasteiger partial charge < -0.3 is 0 Å². The summed E-state index contributed by atoms with van der Waals surface area (Å²) in [5.41, 5.74) is 2.09. The summed E-state index contributed by atoms with van der Waals surface area (Å²) in [6, 6.07) is 5.82. The van der Waals surface area contributed by atoms with E-state index < -0.39 is 10.0 Å². The number of sulfonamides is 1. The number of fused-ring (bicyclic) bond motifs is 1. The molecule has 6 heteroatoms. The molecular weight excluding hydrogens is 280 g/mol. The molecule has 0 spiro atoms. The van der Waals surface area contributed by atoms with Gasteiger partial charge in [-0.3, -0.25) is 5.01 Å². The third-order valence-electron chi connectivity index (χ3n) is 2.21. The molecule has 0 saturated heterocycles. The molecule has 1 aliphatic rings. The quantitative estimate of drug-likeness (QED) is 0.893. The van der Waals surface area contributed by atoms with Crippen LogP contribution in [-0.4, -0.2) is 21.2 Å². The Kier molecular flexibility index (Phi) is 2.74. The maximum atomic E-state index is 11.1. The Morgan fingerprint density at radius 1 is 1.47 bits per heavy atom. The first-order valence-corrected chi connectivity index (χ1v) is 7.17. The number of benzene rings is 1. The molecule has 1 aromatic rings. The van der Waals surface area contributed by atoms with Crippen molar-refractivity contribution >= 4 is 31.6 Å². The number of nitrogens with zero attached hydrogens (tertiary/aromatic N) is 1. The van der Waals surface area contributed by atoms with Gasteiger partial charge in [-0.1, -0.05) is 15.9 Å². The van der Waals surface area contributed by atoms with E-state index in [2.05, 4.69) is 20.8 Å². The van der Waals surface area contributed by atoms with Crippen molar-refractivity contribution in [2.45, 2.75) is 6.42 Å². The first kappa shape index (κ1) is 10.9. The van der Waals surface area contributed by atoms with E-state index in [0.717, 1.165) is 28.4 Å². The molecule has 1 heterocycles. The van der Waals surface area contributed by atoms with E-state index in [1.165, 1.54) is 0 Å². The minimum atomic E-state index is -3.20. The highest BCUT2D eigenvalue weighted by Gasteiger charge is 2.21. The molecule has 1 aliphatic heterocycles. The van der Waals surface area contributed by atoms with Crippen molar-refractivity contribution in [1.29, 1.82) is 0 Å². The zero-order valence-electron chi connectivity index (χ0n) is 8.20. The molecule has 0 amide bonds. The van der Waals surface area contributed by atoms with Gasteiger partial charge in [-0.25, -0.2) is 8.42 Å². The summed E-state index contributed by atoms with van der Waals surface area (Å²) in [5.74, 6) is 0. The first-order chi connectivity index (χ1) is 6.96. The number of rotatable bonds is 2. The van der Waals surface area contributed by atoms with Crippen LogP contribution < -0.4 is 9.84 Å². The fraction of sp³-hybridized carbons (Fsp3) is 0.333. The van der Waals surface area contributed by atoms with Gasteiger partial charge in [0, 0.05) is 11.0 Å². The van der Waals surface area contributed by atoms with Gasteiger partial charge >= 0.3 is 0 Å². The summed E-state index contributed by atoms with van der Waals surface area (Å²) in [6.07, 6.45) is 2.02. The SMILES string of the molecule is CS(=O)(=O)NN1CCc2cc(Br)ccc21. The van der Waals surface area contributed by atoms with E-state index in [-0.39, 0.29) is 0 Å². The number of nitrogens with one attached hydrogen (secondary N) is 1. The molecule has 2 rings (SSSR count). The molecule has 4 nitrogen and oxygen atoms in total. The molecule has 0 atom stereocenters. The first-order valence-electron chi connectivity index (χ1n) is 4.49. The molecule has 0 fully saturated rings. The van der Waals surface area contributed by atoms with Crippen molar-refractivity contribution in [2.75, 3.05) is 17.8 Å². The van der Waals surface area contributed by atoms with Gasteiger partial charge in [0.1, 0.15) is 0 Å².